The lowest BCUT2D eigenvalue weighted by Crippen LogP contribution is -2.34. The lowest BCUT2D eigenvalue weighted by molar-refractivity contribution is -0.141. The van der Waals surface area contributed by atoms with Gasteiger partial charge in [-0.3, -0.25) is 14.5 Å². The number of halogens is 3. The van der Waals surface area contributed by atoms with Gasteiger partial charge in [-0.1, -0.05) is 12.1 Å². The first-order valence-corrected chi connectivity index (χ1v) is 13.2. The third-order valence-corrected chi connectivity index (χ3v) is 7.14. The number of aliphatic imine (C=N–C) groups is 1. The largest absolute Gasteiger partial charge is 0.450 e. The average molecular weight is 557 g/mol. The van der Waals surface area contributed by atoms with E-state index in [0.29, 0.717) is 40.1 Å². The Morgan fingerprint density at radius 3 is 2.77 bits per heavy atom. The number of alkyl halides is 3. The maximum absolute atomic E-state index is 13.0. The van der Waals surface area contributed by atoms with Crippen LogP contribution in [0.1, 0.15) is 37.4 Å². The molecule has 1 saturated heterocycles. The summed E-state index contributed by atoms with van der Waals surface area (Å²) < 4.78 is 46.3. The number of pyridine rings is 1. The van der Waals surface area contributed by atoms with Gasteiger partial charge in [0.25, 0.3) is 0 Å². The molecule has 2 aliphatic heterocycles. The first-order chi connectivity index (χ1) is 19.2. The Morgan fingerprint density at radius 2 is 2.02 bits per heavy atom. The zero-order chi connectivity index (χ0) is 28.3. The molecule has 2 aliphatic rings. The zero-order valence-electron chi connectivity index (χ0n) is 22.0. The number of aromatic nitrogens is 3. The van der Waals surface area contributed by atoms with Crippen molar-refractivity contribution < 1.29 is 17.9 Å². The van der Waals surface area contributed by atoms with Gasteiger partial charge in [0, 0.05) is 37.9 Å². The lowest BCUT2D eigenvalue weighted by Gasteiger charge is -2.24. The molecule has 0 aliphatic carbocycles. The van der Waals surface area contributed by atoms with Crippen LogP contribution in [-0.4, -0.2) is 58.6 Å². The molecule has 1 atom stereocenters. The first-order valence-electron chi connectivity index (χ1n) is 13.2. The van der Waals surface area contributed by atoms with Gasteiger partial charge >= 0.3 is 11.9 Å². The maximum atomic E-state index is 13.0. The maximum Gasteiger partial charge on any atom is 0.433 e. The standard InChI is InChI=1S/C27H31F3N8O2/c1-32-25(31)33-10-3-12-37-11-2-4-19(9-13-37)38-16-22-24(36-26(38)39)35-20-14-17(5-7-21(20)40-22)18-6-8-23(34-15-18)27(28,29)30/h5-8,14-16,19H,2-4,9-13H2,1H3,(H3,31,32,33)(H,35,36,39). The highest BCUT2D eigenvalue weighted by atomic mass is 19.4. The van der Waals surface area contributed by atoms with Gasteiger partial charge in [0.2, 0.25) is 0 Å². The molecule has 5 rings (SSSR count). The molecule has 3 aromatic rings. The van der Waals surface area contributed by atoms with Crippen molar-refractivity contribution in [3.63, 3.8) is 0 Å². The van der Waals surface area contributed by atoms with Gasteiger partial charge in [-0.25, -0.2) is 4.79 Å². The van der Waals surface area contributed by atoms with Crippen LogP contribution in [0.4, 0.5) is 24.7 Å². The number of rotatable bonds is 6. The molecule has 0 saturated carbocycles. The fourth-order valence-electron chi connectivity index (χ4n) is 4.99. The summed E-state index contributed by atoms with van der Waals surface area (Å²) in [6.45, 7) is 3.52. The second kappa shape index (κ2) is 11.5. The number of guanidine groups is 1. The van der Waals surface area contributed by atoms with E-state index in [-0.39, 0.29) is 11.7 Å². The van der Waals surface area contributed by atoms with Crippen LogP contribution in [0, 0.1) is 0 Å². The fourth-order valence-corrected chi connectivity index (χ4v) is 4.99. The van der Waals surface area contributed by atoms with Crippen molar-refractivity contribution in [2.24, 2.45) is 10.7 Å². The molecule has 13 heteroatoms. The van der Waals surface area contributed by atoms with Crippen molar-refractivity contribution in [3.8, 4) is 22.6 Å². The van der Waals surface area contributed by atoms with Crippen LogP contribution >= 0.6 is 0 Å². The van der Waals surface area contributed by atoms with Crippen molar-refractivity contribution in [1.82, 2.24) is 24.8 Å². The average Bonchev–Trinajstić information content (AvgIpc) is 3.18. The van der Waals surface area contributed by atoms with Gasteiger partial charge in [-0.2, -0.15) is 18.2 Å². The highest BCUT2D eigenvalue weighted by Crippen LogP contribution is 2.42. The molecule has 10 nitrogen and oxygen atoms in total. The normalized spacial score (nSPS) is 17.7. The summed E-state index contributed by atoms with van der Waals surface area (Å²) in [4.78, 5) is 27.1. The summed E-state index contributed by atoms with van der Waals surface area (Å²) in [6, 6.07) is 7.53. The minimum Gasteiger partial charge on any atom is -0.450 e. The highest BCUT2D eigenvalue weighted by Gasteiger charge is 2.32. The lowest BCUT2D eigenvalue weighted by atomic mass is 10.1. The van der Waals surface area contributed by atoms with Crippen LogP contribution in [-0.2, 0) is 6.18 Å². The Kier molecular flexibility index (Phi) is 7.92. The third kappa shape index (κ3) is 6.19. The Morgan fingerprint density at radius 1 is 1.20 bits per heavy atom. The Balaban J connectivity index is 1.25. The topological polar surface area (TPSA) is 123 Å². The predicted octanol–water partition coefficient (Wildman–Crippen LogP) is 4.12. The number of nitrogens with two attached hydrogens (primary N) is 1. The van der Waals surface area contributed by atoms with Crippen molar-refractivity contribution in [2.45, 2.75) is 37.9 Å². The number of ether oxygens (including phenoxy) is 1. The molecule has 0 bridgehead atoms. The van der Waals surface area contributed by atoms with Crippen LogP contribution < -0.4 is 26.8 Å². The van der Waals surface area contributed by atoms with E-state index in [1.165, 1.54) is 12.3 Å². The minimum atomic E-state index is -4.50. The number of hydrogen-bond donors (Lipinski definition) is 3. The molecule has 4 N–H and O–H groups in total. The van der Waals surface area contributed by atoms with Crippen molar-refractivity contribution >= 4 is 17.5 Å². The number of nitrogens with one attached hydrogen (secondary N) is 2. The van der Waals surface area contributed by atoms with Gasteiger partial charge in [-0.15, -0.1) is 0 Å². The molecule has 1 aromatic carbocycles. The Bertz CT molecular complexity index is 1440. The monoisotopic (exact) mass is 556 g/mol. The number of anilines is 2. The van der Waals surface area contributed by atoms with E-state index in [1.807, 2.05) is 0 Å². The van der Waals surface area contributed by atoms with Crippen molar-refractivity contribution in [2.75, 3.05) is 38.5 Å². The smallest absolute Gasteiger partial charge is 0.433 e. The molecule has 0 radical (unpaired) electrons. The minimum absolute atomic E-state index is 0.0100. The number of hydrogen-bond acceptors (Lipinski definition) is 7. The molecule has 4 heterocycles. The summed E-state index contributed by atoms with van der Waals surface area (Å²) in [5, 5.41) is 6.21. The van der Waals surface area contributed by atoms with E-state index in [9.17, 15) is 18.0 Å². The number of likely N-dealkylation sites (tertiary alicyclic amines) is 1. The predicted molar refractivity (Wildman–Crippen MR) is 146 cm³/mol. The molecular formula is C27H31F3N8O2. The SMILES string of the molecule is CN=C(N)NCCCN1CCCC(n2cc3c(nc2=O)Nc2cc(-c4ccc(C(F)(F)F)nc4)ccc2O3)CC1. The highest BCUT2D eigenvalue weighted by molar-refractivity contribution is 5.78. The van der Waals surface area contributed by atoms with Gasteiger partial charge < -0.3 is 26.0 Å². The van der Waals surface area contributed by atoms with Gasteiger partial charge in [0.15, 0.2) is 23.3 Å². The van der Waals surface area contributed by atoms with Crippen LogP contribution in [0.3, 0.4) is 0 Å². The van der Waals surface area contributed by atoms with Gasteiger partial charge in [0.05, 0.1) is 11.9 Å². The summed E-state index contributed by atoms with van der Waals surface area (Å²) in [7, 11) is 1.65. The quantitative estimate of drug-likeness (QED) is 0.184. The van der Waals surface area contributed by atoms with Crippen LogP contribution in [0.5, 0.6) is 11.5 Å². The van der Waals surface area contributed by atoms with E-state index in [4.69, 9.17) is 10.5 Å². The van der Waals surface area contributed by atoms with Gasteiger partial charge in [0.1, 0.15) is 5.69 Å². The summed E-state index contributed by atoms with van der Waals surface area (Å²) >= 11 is 0. The molecule has 0 amide bonds. The van der Waals surface area contributed by atoms with Crippen molar-refractivity contribution in [1.29, 1.82) is 0 Å². The van der Waals surface area contributed by atoms with Crippen LogP contribution in [0.25, 0.3) is 11.1 Å². The van der Waals surface area contributed by atoms with E-state index in [0.717, 1.165) is 57.9 Å². The molecule has 2 aromatic heterocycles. The molecule has 0 spiro atoms. The zero-order valence-corrected chi connectivity index (χ0v) is 22.0. The number of nitrogens with zero attached hydrogens (tertiary/aromatic N) is 5. The second-order valence-electron chi connectivity index (χ2n) is 9.83. The third-order valence-electron chi connectivity index (χ3n) is 7.14. The molecule has 40 heavy (non-hydrogen) atoms. The fraction of sp³-hybridized carbons (Fsp3) is 0.407. The van der Waals surface area contributed by atoms with Crippen LogP contribution in [0.15, 0.2) is 52.5 Å². The Hall–Kier alpha value is -4.13. The van der Waals surface area contributed by atoms with E-state index < -0.39 is 11.9 Å². The molecule has 1 fully saturated rings. The van der Waals surface area contributed by atoms with E-state index >= 15 is 0 Å². The summed E-state index contributed by atoms with van der Waals surface area (Å²) in [5.74, 6) is 1.71. The van der Waals surface area contributed by atoms with Crippen molar-refractivity contribution in [3.05, 3.63) is 58.9 Å². The molecule has 1 unspecified atom stereocenters. The number of fused-ring (bicyclic) bond motifs is 2. The van der Waals surface area contributed by atoms with E-state index in [2.05, 4.69) is 30.5 Å². The molecular weight excluding hydrogens is 525 g/mol. The second-order valence-corrected chi connectivity index (χ2v) is 9.83. The van der Waals surface area contributed by atoms with E-state index in [1.54, 1.807) is 36.0 Å². The summed E-state index contributed by atoms with van der Waals surface area (Å²) in [5.41, 5.74) is 6.08. The Labute approximate surface area is 229 Å². The summed E-state index contributed by atoms with van der Waals surface area (Å²) in [6.07, 6.45) is 1.98. The van der Waals surface area contributed by atoms with Crippen LogP contribution in [0.2, 0.25) is 0 Å². The number of benzene rings is 1. The molecule has 212 valence electrons. The first kappa shape index (κ1) is 27.4. The van der Waals surface area contributed by atoms with Gasteiger partial charge in [-0.05, 0) is 62.5 Å².